The molecule has 0 unspecified atom stereocenters. The molecule has 0 saturated carbocycles. The number of carbonyl (C=O) groups excluding carboxylic acids is 1. The molecule has 114 valence electrons. The molecule has 21 heavy (non-hydrogen) atoms. The molecule has 3 amide bonds. The van der Waals surface area contributed by atoms with Crippen molar-refractivity contribution in [3.8, 4) is 0 Å². The van der Waals surface area contributed by atoms with Crippen molar-refractivity contribution >= 4 is 17.9 Å². The topological polar surface area (TPSA) is 107 Å². The first-order valence-electron chi connectivity index (χ1n) is 5.69. The summed E-state index contributed by atoms with van der Waals surface area (Å²) < 4.78 is 37.5. The molecule has 0 spiro atoms. The predicted molar refractivity (Wildman–Crippen MR) is 62.5 cm³/mol. The molecule has 1 aromatic rings. The molecule has 3 N–H and O–H groups in total. The van der Waals surface area contributed by atoms with Crippen molar-refractivity contribution in [2.24, 2.45) is 0 Å². The fourth-order valence-electron chi connectivity index (χ4n) is 1.80. The van der Waals surface area contributed by atoms with E-state index in [-0.39, 0.29) is 12.4 Å². The molecular formula is C10H10F3N5O3. The van der Waals surface area contributed by atoms with Gasteiger partial charge in [0.1, 0.15) is 6.04 Å². The first-order valence-corrected chi connectivity index (χ1v) is 5.69. The third kappa shape index (κ3) is 3.70. The molecule has 0 aromatic carbocycles. The van der Waals surface area contributed by atoms with Gasteiger partial charge in [-0.25, -0.2) is 9.59 Å². The highest BCUT2D eigenvalue weighted by Gasteiger charge is 2.46. The maximum Gasteiger partial charge on any atom is 0.410 e. The molecule has 1 saturated heterocycles. The SMILES string of the molecule is O=C(O)Nc1cc(CN2C[C@@H](C(F)(F)F)NC2=O)cnn1. The number of urea groups is 1. The Balaban J connectivity index is 2.05. The molecule has 0 aliphatic carbocycles. The molecule has 8 nitrogen and oxygen atoms in total. The second-order valence-electron chi connectivity index (χ2n) is 4.30. The Labute approximate surface area is 115 Å². The minimum atomic E-state index is -4.52. The van der Waals surface area contributed by atoms with Crippen LogP contribution in [0.1, 0.15) is 5.56 Å². The zero-order valence-electron chi connectivity index (χ0n) is 10.4. The molecule has 1 fully saturated rings. The van der Waals surface area contributed by atoms with Crippen LogP contribution in [0.3, 0.4) is 0 Å². The zero-order valence-corrected chi connectivity index (χ0v) is 10.4. The molecule has 2 rings (SSSR count). The number of alkyl halides is 3. The fraction of sp³-hybridized carbons (Fsp3) is 0.400. The van der Waals surface area contributed by atoms with Crippen LogP contribution in [-0.2, 0) is 6.54 Å². The van der Waals surface area contributed by atoms with Crippen molar-refractivity contribution in [2.45, 2.75) is 18.8 Å². The Morgan fingerprint density at radius 1 is 1.57 bits per heavy atom. The van der Waals surface area contributed by atoms with E-state index in [1.54, 1.807) is 0 Å². The summed E-state index contributed by atoms with van der Waals surface area (Å²) in [6.45, 7) is -0.658. The lowest BCUT2D eigenvalue weighted by molar-refractivity contribution is -0.149. The number of rotatable bonds is 3. The highest BCUT2D eigenvalue weighted by molar-refractivity contribution is 5.81. The van der Waals surface area contributed by atoms with Gasteiger partial charge in [0.25, 0.3) is 0 Å². The number of carboxylic acid groups (broad SMARTS) is 1. The fourth-order valence-corrected chi connectivity index (χ4v) is 1.80. The quantitative estimate of drug-likeness (QED) is 0.773. The summed E-state index contributed by atoms with van der Waals surface area (Å²) in [5, 5.41) is 19.3. The molecule has 2 heterocycles. The minimum Gasteiger partial charge on any atom is -0.465 e. The first kappa shape index (κ1) is 14.8. The monoisotopic (exact) mass is 305 g/mol. The van der Waals surface area contributed by atoms with Gasteiger partial charge in [-0.05, 0) is 11.6 Å². The summed E-state index contributed by atoms with van der Waals surface area (Å²) in [5.74, 6) is -0.0769. The van der Waals surface area contributed by atoms with Crippen molar-refractivity contribution in [3.05, 3.63) is 17.8 Å². The number of aromatic nitrogens is 2. The largest absolute Gasteiger partial charge is 0.465 e. The Bertz CT molecular complexity index is 565. The molecule has 11 heteroatoms. The van der Waals surface area contributed by atoms with Gasteiger partial charge in [0.05, 0.1) is 12.7 Å². The average Bonchev–Trinajstić information content (AvgIpc) is 2.70. The second kappa shape index (κ2) is 5.42. The normalized spacial score (nSPS) is 18.5. The Morgan fingerprint density at radius 2 is 2.29 bits per heavy atom. The van der Waals surface area contributed by atoms with E-state index in [1.807, 2.05) is 10.6 Å². The number of amides is 3. The third-order valence-corrected chi connectivity index (χ3v) is 2.70. The van der Waals surface area contributed by atoms with Crippen LogP contribution in [0.15, 0.2) is 12.3 Å². The van der Waals surface area contributed by atoms with Crippen LogP contribution < -0.4 is 10.6 Å². The van der Waals surface area contributed by atoms with Gasteiger partial charge in [-0.1, -0.05) is 0 Å². The van der Waals surface area contributed by atoms with E-state index in [2.05, 4.69) is 10.2 Å². The van der Waals surface area contributed by atoms with Gasteiger partial charge in [-0.15, -0.1) is 5.10 Å². The molecule has 1 aromatic heterocycles. The van der Waals surface area contributed by atoms with Crippen LogP contribution in [0.25, 0.3) is 0 Å². The molecular weight excluding hydrogens is 295 g/mol. The van der Waals surface area contributed by atoms with E-state index in [0.717, 1.165) is 4.90 Å². The second-order valence-corrected chi connectivity index (χ2v) is 4.30. The number of nitrogens with one attached hydrogen (secondary N) is 2. The summed E-state index contributed by atoms with van der Waals surface area (Å²) in [6.07, 6.45) is -4.63. The van der Waals surface area contributed by atoms with Gasteiger partial charge in [0.15, 0.2) is 5.82 Å². The van der Waals surface area contributed by atoms with Crippen LogP contribution in [0.2, 0.25) is 0 Å². The summed E-state index contributed by atoms with van der Waals surface area (Å²) in [5.41, 5.74) is 0.353. The molecule has 1 atom stereocenters. The summed E-state index contributed by atoms with van der Waals surface area (Å²) in [4.78, 5) is 22.9. The summed E-state index contributed by atoms with van der Waals surface area (Å²) >= 11 is 0. The average molecular weight is 305 g/mol. The van der Waals surface area contributed by atoms with E-state index in [4.69, 9.17) is 5.11 Å². The van der Waals surface area contributed by atoms with Crippen LogP contribution in [-0.4, -0.2) is 51.1 Å². The van der Waals surface area contributed by atoms with E-state index in [0.29, 0.717) is 5.56 Å². The van der Waals surface area contributed by atoms with E-state index in [9.17, 15) is 22.8 Å². The van der Waals surface area contributed by atoms with Crippen LogP contribution in [0, 0.1) is 0 Å². The van der Waals surface area contributed by atoms with Crippen molar-refractivity contribution in [1.82, 2.24) is 20.4 Å². The maximum absolute atomic E-state index is 12.5. The Morgan fingerprint density at radius 3 is 2.86 bits per heavy atom. The van der Waals surface area contributed by atoms with Crippen LogP contribution in [0.4, 0.5) is 28.6 Å². The molecule has 0 bridgehead atoms. The molecule has 0 radical (unpaired) electrons. The lowest BCUT2D eigenvalue weighted by atomic mass is 10.2. The van der Waals surface area contributed by atoms with E-state index >= 15 is 0 Å². The number of carbonyl (C=O) groups is 2. The van der Waals surface area contributed by atoms with Gasteiger partial charge < -0.3 is 15.3 Å². The predicted octanol–water partition coefficient (Wildman–Crippen LogP) is 1.02. The smallest absolute Gasteiger partial charge is 0.410 e. The highest BCUT2D eigenvalue weighted by Crippen LogP contribution is 2.25. The molecule has 1 aliphatic heterocycles. The van der Waals surface area contributed by atoms with Gasteiger partial charge >= 0.3 is 18.3 Å². The summed E-state index contributed by atoms with van der Waals surface area (Å²) in [6, 6.07) is -1.48. The first-order chi connectivity index (χ1) is 9.75. The van der Waals surface area contributed by atoms with Crippen molar-refractivity contribution in [2.75, 3.05) is 11.9 Å². The molecule has 1 aliphatic rings. The standard InChI is InChI=1S/C10H10F3N5O3/c11-10(12,13)6-4-18(8(19)15-6)3-5-1-7(16-9(20)21)17-14-2-5/h1-2,6H,3-4H2,(H,15,19)(H,16,17)(H,20,21)/t6-/m0/s1. The third-order valence-electron chi connectivity index (χ3n) is 2.70. The zero-order chi connectivity index (χ0) is 15.6. The maximum atomic E-state index is 12.5. The summed E-state index contributed by atoms with van der Waals surface area (Å²) in [7, 11) is 0. The highest BCUT2D eigenvalue weighted by atomic mass is 19.4. The van der Waals surface area contributed by atoms with Crippen LogP contribution in [0.5, 0.6) is 0 Å². The minimum absolute atomic E-state index is 0.0769. The van der Waals surface area contributed by atoms with Gasteiger partial charge in [-0.3, -0.25) is 5.32 Å². The van der Waals surface area contributed by atoms with E-state index in [1.165, 1.54) is 12.3 Å². The number of nitrogens with zero attached hydrogens (tertiary/aromatic N) is 3. The number of halogens is 3. The van der Waals surface area contributed by atoms with Gasteiger partial charge in [-0.2, -0.15) is 18.3 Å². The van der Waals surface area contributed by atoms with Gasteiger partial charge in [0.2, 0.25) is 0 Å². The van der Waals surface area contributed by atoms with E-state index < -0.39 is 30.9 Å². The number of hydrogen-bond acceptors (Lipinski definition) is 4. The lowest BCUT2D eigenvalue weighted by Crippen LogP contribution is -2.40. The Kier molecular flexibility index (Phi) is 3.82. The lowest BCUT2D eigenvalue weighted by Gasteiger charge is -2.16. The van der Waals surface area contributed by atoms with Gasteiger partial charge in [0, 0.05) is 6.54 Å². The number of anilines is 1. The van der Waals surface area contributed by atoms with Crippen LogP contribution >= 0.6 is 0 Å². The van der Waals surface area contributed by atoms with Crippen molar-refractivity contribution < 1.29 is 27.9 Å². The Hall–Kier alpha value is -2.59. The van der Waals surface area contributed by atoms with Crippen molar-refractivity contribution in [1.29, 1.82) is 0 Å². The van der Waals surface area contributed by atoms with Crippen molar-refractivity contribution in [3.63, 3.8) is 0 Å². The number of hydrogen-bond donors (Lipinski definition) is 3.